The molecule has 1 aliphatic heterocycles. The Hall–Kier alpha value is -1.71. The minimum atomic E-state index is -0.446. The number of benzene rings is 1. The van der Waals surface area contributed by atoms with Gasteiger partial charge in [0.15, 0.2) is 5.78 Å². The molecule has 2 rings (SSSR count). The number of nitrogens with zero attached hydrogens (tertiary/aromatic N) is 1. The molecule has 1 amide bonds. The van der Waals surface area contributed by atoms with Gasteiger partial charge in [0.2, 0.25) is 5.91 Å². The number of ketones is 1. The van der Waals surface area contributed by atoms with E-state index in [0.717, 1.165) is 0 Å². The van der Waals surface area contributed by atoms with Gasteiger partial charge in [-0.3, -0.25) is 9.59 Å². The number of halogens is 1. The van der Waals surface area contributed by atoms with Crippen molar-refractivity contribution in [1.82, 2.24) is 0 Å². The van der Waals surface area contributed by atoms with Crippen LogP contribution >= 0.6 is 0 Å². The maximum absolute atomic E-state index is 13.0. The topological polar surface area (TPSA) is 37.4 Å². The van der Waals surface area contributed by atoms with E-state index in [9.17, 15) is 14.0 Å². The summed E-state index contributed by atoms with van der Waals surface area (Å²) in [5.74, 6) is -0.590. The molecule has 0 spiro atoms. The van der Waals surface area contributed by atoms with E-state index in [-0.39, 0.29) is 18.1 Å². The zero-order valence-electron chi connectivity index (χ0n) is 9.00. The number of hydrogen-bond donors (Lipinski definition) is 0. The first kappa shape index (κ1) is 10.8. The molecule has 1 heterocycles. The Kier molecular flexibility index (Phi) is 2.73. The molecule has 84 valence electrons. The minimum absolute atomic E-state index is 0.0413. The van der Waals surface area contributed by atoms with E-state index in [1.54, 1.807) is 11.8 Å². The molecule has 1 aromatic rings. The molecule has 3 nitrogen and oxygen atoms in total. The SMILES string of the molecule is CCC(=O)N1CCC(=O)c2cc(F)ccc21. The van der Waals surface area contributed by atoms with Gasteiger partial charge in [0.25, 0.3) is 0 Å². The molecular weight excluding hydrogens is 209 g/mol. The summed E-state index contributed by atoms with van der Waals surface area (Å²) in [6, 6.07) is 3.97. The van der Waals surface area contributed by atoms with Crippen molar-refractivity contribution in [3.8, 4) is 0 Å². The summed E-state index contributed by atoms with van der Waals surface area (Å²) < 4.78 is 13.0. The molecule has 0 aliphatic carbocycles. The molecule has 4 heteroatoms. The number of Topliss-reactive ketones (excluding diaryl/α,β-unsaturated/α-hetero) is 1. The Morgan fingerprint density at radius 2 is 2.25 bits per heavy atom. The lowest BCUT2D eigenvalue weighted by atomic mass is 10.00. The monoisotopic (exact) mass is 221 g/mol. The number of carbonyl (C=O) groups excluding carboxylic acids is 2. The van der Waals surface area contributed by atoms with Gasteiger partial charge >= 0.3 is 0 Å². The number of fused-ring (bicyclic) bond motifs is 1. The average Bonchev–Trinajstić information content (AvgIpc) is 2.29. The van der Waals surface area contributed by atoms with E-state index in [1.807, 2.05) is 0 Å². The van der Waals surface area contributed by atoms with Crippen molar-refractivity contribution in [1.29, 1.82) is 0 Å². The normalized spacial score (nSPS) is 14.9. The number of rotatable bonds is 1. The van der Waals surface area contributed by atoms with Crippen LogP contribution in [0.3, 0.4) is 0 Å². The summed E-state index contributed by atoms with van der Waals surface area (Å²) in [7, 11) is 0. The van der Waals surface area contributed by atoms with Crippen LogP contribution in [0.25, 0.3) is 0 Å². The van der Waals surface area contributed by atoms with Crippen molar-refractivity contribution in [3.05, 3.63) is 29.6 Å². The molecule has 0 bridgehead atoms. The Morgan fingerprint density at radius 1 is 1.50 bits per heavy atom. The van der Waals surface area contributed by atoms with Crippen LogP contribution < -0.4 is 4.90 Å². The fraction of sp³-hybridized carbons (Fsp3) is 0.333. The van der Waals surface area contributed by atoms with Crippen molar-refractivity contribution in [2.24, 2.45) is 0 Å². The second-order valence-corrected chi connectivity index (χ2v) is 3.73. The lowest BCUT2D eigenvalue weighted by Crippen LogP contribution is -2.36. The third kappa shape index (κ3) is 1.71. The van der Waals surface area contributed by atoms with E-state index in [2.05, 4.69) is 0 Å². The quantitative estimate of drug-likeness (QED) is 0.728. The smallest absolute Gasteiger partial charge is 0.226 e. The van der Waals surface area contributed by atoms with Crippen molar-refractivity contribution < 1.29 is 14.0 Å². The Labute approximate surface area is 92.9 Å². The zero-order chi connectivity index (χ0) is 11.7. The summed E-state index contributed by atoms with van der Waals surface area (Å²) >= 11 is 0. The minimum Gasteiger partial charge on any atom is -0.311 e. The Balaban J connectivity index is 2.48. The van der Waals surface area contributed by atoms with Crippen LogP contribution in [0.1, 0.15) is 30.1 Å². The third-order valence-electron chi connectivity index (χ3n) is 2.72. The van der Waals surface area contributed by atoms with Crippen molar-refractivity contribution in [2.45, 2.75) is 19.8 Å². The summed E-state index contributed by atoms with van der Waals surface area (Å²) in [5, 5.41) is 0. The average molecular weight is 221 g/mol. The van der Waals surface area contributed by atoms with E-state index in [1.165, 1.54) is 18.2 Å². The highest BCUT2D eigenvalue weighted by atomic mass is 19.1. The molecule has 0 fully saturated rings. The predicted molar refractivity (Wildman–Crippen MR) is 58.0 cm³/mol. The van der Waals surface area contributed by atoms with Crippen LogP contribution in [0.4, 0.5) is 10.1 Å². The molecule has 16 heavy (non-hydrogen) atoms. The maximum Gasteiger partial charge on any atom is 0.226 e. The first-order chi connectivity index (χ1) is 7.63. The van der Waals surface area contributed by atoms with Gasteiger partial charge in [0.1, 0.15) is 5.82 Å². The first-order valence-electron chi connectivity index (χ1n) is 5.26. The molecule has 0 saturated heterocycles. The number of carbonyl (C=O) groups is 2. The van der Waals surface area contributed by atoms with Gasteiger partial charge in [0, 0.05) is 24.9 Å². The molecular formula is C12H12FNO2. The van der Waals surface area contributed by atoms with Gasteiger partial charge in [-0.25, -0.2) is 4.39 Å². The van der Waals surface area contributed by atoms with E-state index in [4.69, 9.17) is 0 Å². The van der Waals surface area contributed by atoms with Gasteiger partial charge in [-0.2, -0.15) is 0 Å². The Bertz CT molecular complexity index is 456. The Morgan fingerprint density at radius 3 is 2.94 bits per heavy atom. The van der Waals surface area contributed by atoms with Crippen molar-refractivity contribution in [3.63, 3.8) is 0 Å². The maximum atomic E-state index is 13.0. The third-order valence-corrected chi connectivity index (χ3v) is 2.72. The molecule has 0 saturated carbocycles. The zero-order valence-corrected chi connectivity index (χ0v) is 9.00. The molecule has 0 unspecified atom stereocenters. The van der Waals surface area contributed by atoms with Gasteiger partial charge < -0.3 is 4.90 Å². The molecule has 1 aromatic carbocycles. The van der Waals surface area contributed by atoms with Crippen LogP contribution in [0.2, 0.25) is 0 Å². The van der Waals surface area contributed by atoms with Gasteiger partial charge in [-0.15, -0.1) is 0 Å². The number of hydrogen-bond acceptors (Lipinski definition) is 2. The second kappa shape index (κ2) is 4.04. The fourth-order valence-corrected chi connectivity index (χ4v) is 1.89. The number of anilines is 1. The van der Waals surface area contributed by atoms with Gasteiger partial charge in [-0.1, -0.05) is 6.92 Å². The van der Waals surface area contributed by atoms with Crippen LogP contribution in [0.5, 0.6) is 0 Å². The summed E-state index contributed by atoms with van der Waals surface area (Å²) in [5.41, 5.74) is 0.845. The largest absolute Gasteiger partial charge is 0.311 e. The highest BCUT2D eigenvalue weighted by Gasteiger charge is 2.26. The van der Waals surface area contributed by atoms with Crippen LogP contribution in [0.15, 0.2) is 18.2 Å². The molecule has 0 N–H and O–H groups in total. The van der Waals surface area contributed by atoms with E-state index < -0.39 is 5.82 Å². The van der Waals surface area contributed by atoms with E-state index in [0.29, 0.717) is 24.2 Å². The van der Waals surface area contributed by atoms with Gasteiger partial charge in [-0.05, 0) is 18.2 Å². The summed E-state index contributed by atoms with van der Waals surface area (Å²) in [6.07, 6.45) is 0.646. The van der Waals surface area contributed by atoms with Crippen LogP contribution in [-0.2, 0) is 4.79 Å². The highest BCUT2D eigenvalue weighted by molar-refractivity contribution is 6.08. The second-order valence-electron chi connectivity index (χ2n) is 3.73. The molecule has 0 atom stereocenters. The number of amides is 1. The molecule has 0 radical (unpaired) electrons. The lowest BCUT2D eigenvalue weighted by molar-refractivity contribution is -0.118. The summed E-state index contributed by atoms with van der Waals surface area (Å²) in [4.78, 5) is 24.8. The van der Waals surface area contributed by atoms with Crippen molar-refractivity contribution >= 4 is 17.4 Å². The van der Waals surface area contributed by atoms with Crippen LogP contribution in [0, 0.1) is 5.82 Å². The summed E-state index contributed by atoms with van der Waals surface area (Å²) in [6.45, 7) is 2.16. The van der Waals surface area contributed by atoms with Crippen molar-refractivity contribution in [2.75, 3.05) is 11.4 Å². The van der Waals surface area contributed by atoms with Crippen LogP contribution in [-0.4, -0.2) is 18.2 Å². The van der Waals surface area contributed by atoms with E-state index >= 15 is 0 Å². The predicted octanol–water partition coefficient (Wildman–Crippen LogP) is 2.16. The molecule has 0 aromatic heterocycles. The van der Waals surface area contributed by atoms with Gasteiger partial charge in [0.05, 0.1) is 5.69 Å². The lowest BCUT2D eigenvalue weighted by Gasteiger charge is -2.28. The molecule has 1 aliphatic rings. The standard InChI is InChI=1S/C12H12FNO2/c1-2-12(16)14-6-5-11(15)9-7-8(13)3-4-10(9)14/h3-4,7H,2,5-6H2,1H3. The fourth-order valence-electron chi connectivity index (χ4n) is 1.89. The first-order valence-corrected chi connectivity index (χ1v) is 5.26. The highest BCUT2D eigenvalue weighted by Crippen LogP contribution is 2.28.